The predicted molar refractivity (Wildman–Crippen MR) is 127 cm³/mol. The number of ether oxygens (including phenoxy) is 1. The molecule has 1 aliphatic heterocycles. The number of rotatable bonds is 6. The minimum Gasteiger partial charge on any atom is -0.393 e. The molecule has 0 bridgehead atoms. The average Bonchev–Trinajstić information content (AvgIpc) is 3.46. The fourth-order valence-electron chi connectivity index (χ4n) is 4.71. The average molecular weight is 468 g/mol. The van der Waals surface area contributed by atoms with Crippen LogP contribution in [0, 0.1) is 0 Å². The molecule has 2 aliphatic rings. The topological polar surface area (TPSA) is 135 Å². The maximum Gasteiger partial charge on any atom is 0.274 e. The Bertz CT molecular complexity index is 1250. The number of nitrogens with zero attached hydrogens (tertiary/aromatic N) is 4. The molecule has 11 heteroatoms. The molecule has 5 rings (SSSR count). The summed E-state index contributed by atoms with van der Waals surface area (Å²) in [5.74, 6) is 0.746. The normalized spacial score (nSPS) is 21.0. The molecule has 0 spiro atoms. The van der Waals surface area contributed by atoms with Crippen molar-refractivity contribution in [2.75, 3.05) is 30.9 Å². The van der Waals surface area contributed by atoms with Gasteiger partial charge in [-0.05, 0) is 44.2 Å². The van der Waals surface area contributed by atoms with Gasteiger partial charge in [0, 0.05) is 44.6 Å². The standard InChI is InChI=1S/C23H29N7O4/c1-24-20-12-19(27-18-3-2-8-29(23(18)33)15-6-9-34-10-7-15)28-21-17(13-25-30(20)21)22(32)26-14-4-5-16(31)11-14/h2-3,8,12-16,24,31H,4-7,9-11H2,1H3,(H,26,32)(H,27,28)/t14?,16-/m1/s1. The summed E-state index contributed by atoms with van der Waals surface area (Å²) >= 11 is 0. The van der Waals surface area contributed by atoms with E-state index >= 15 is 0 Å². The van der Waals surface area contributed by atoms with Gasteiger partial charge in [0.15, 0.2) is 5.65 Å². The summed E-state index contributed by atoms with van der Waals surface area (Å²) in [6, 6.07) is 5.32. The van der Waals surface area contributed by atoms with E-state index in [-0.39, 0.29) is 29.7 Å². The van der Waals surface area contributed by atoms with Gasteiger partial charge < -0.3 is 30.4 Å². The van der Waals surface area contributed by atoms with E-state index < -0.39 is 0 Å². The van der Waals surface area contributed by atoms with Gasteiger partial charge in [-0.15, -0.1) is 0 Å². The summed E-state index contributed by atoms with van der Waals surface area (Å²) in [7, 11) is 1.75. The van der Waals surface area contributed by atoms with Crippen LogP contribution in [0.25, 0.3) is 5.65 Å². The second-order valence-corrected chi connectivity index (χ2v) is 8.81. The number of carbonyl (C=O) groups is 1. The molecule has 3 aromatic heterocycles. The number of aliphatic hydroxyl groups excluding tert-OH is 1. The van der Waals surface area contributed by atoms with Crippen molar-refractivity contribution in [3.05, 3.63) is 46.5 Å². The van der Waals surface area contributed by atoms with Gasteiger partial charge in [-0.2, -0.15) is 9.61 Å². The van der Waals surface area contributed by atoms with E-state index in [0.29, 0.717) is 54.6 Å². The summed E-state index contributed by atoms with van der Waals surface area (Å²) in [6.07, 6.45) is 6.45. The first-order chi connectivity index (χ1) is 16.5. The van der Waals surface area contributed by atoms with Crippen LogP contribution in [-0.4, -0.2) is 62.6 Å². The number of aromatic nitrogens is 4. The number of nitrogens with one attached hydrogen (secondary N) is 3. The zero-order chi connectivity index (χ0) is 23.7. The van der Waals surface area contributed by atoms with Crippen molar-refractivity contribution in [2.45, 2.75) is 50.3 Å². The smallest absolute Gasteiger partial charge is 0.274 e. The van der Waals surface area contributed by atoms with Gasteiger partial charge in [0.05, 0.1) is 12.3 Å². The lowest BCUT2D eigenvalue weighted by molar-refractivity contribution is 0.0687. The Morgan fingerprint density at radius 3 is 2.79 bits per heavy atom. The summed E-state index contributed by atoms with van der Waals surface area (Å²) in [5.41, 5.74) is 0.965. The first-order valence-corrected chi connectivity index (χ1v) is 11.6. The van der Waals surface area contributed by atoms with Crippen molar-refractivity contribution in [3.63, 3.8) is 0 Å². The van der Waals surface area contributed by atoms with E-state index in [1.165, 1.54) is 6.20 Å². The third-order valence-corrected chi connectivity index (χ3v) is 6.53. The number of hydrogen-bond acceptors (Lipinski definition) is 8. The molecule has 0 radical (unpaired) electrons. The second-order valence-electron chi connectivity index (χ2n) is 8.81. The Hall–Kier alpha value is -3.44. The van der Waals surface area contributed by atoms with Crippen molar-refractivity contribution >= 4 is 28.9 Å². The lowest BCUT2D eigenvalue weighted by atomic mass is 10.1. The highest BCUT2D eigenvalue weighted by molar-refractivity contribution is 6.00. The van der Waals surface area contributed by atoms with Crippen molar-refractivity contribution in [1.82, 2.24) is 24.5 Å². The lowest BCUT2D eigenvalue weighted by Gasteiger charge is -2.24. The maximum atomic E-state index is 13.1. The van der Waals surface area contributed by atoms with Gasteiger partial charge in [-0.25, -0.2) is 4.98 Å². The Morgan fingerprint density at radius 2 is 2.06 bits per heavy atom. The molecule has 180 valence electrons. The van der Waals surface area contributed by atoms with Gasteiger partial charge in [0.1, 0.15) is 22.9 Å². The molecule has 1 amide bonds. The lowest BCUT2D eigenvalue weighted by Crippen LogP contribution is -2.33. The minimum absolute atomic E-state index is 0.0736. The van der Waals surface area contributed by atoms with Crippen LogP contribution in [0.15, 0.2) is 35.4 Å². The quantitative estimate of drug-likeness (QED) is 0.430. The number of carbonyl (C=O) groups excluding carboxylic acids is 1. The number of amides is 1. The molecule has 0 aromatic carbocycles. The Balaban J connectivity index is 1.44. The van der Waals surface area contributed by atoms with Gasteiger partial charge in [0.2, 0.25) is 0 Å². The zero-order valence-corrected chi connectivity index (χ0v) is 19.0. The molecule has 4 N–H and O–H groups in total. The van der Waals surface area contributed by atoms with Crippen LogP contribution in [0.1, 0.15) is 48.5 Å². The molecular weight excluding hydrogens is 438 g/mol. The predicted octanol–water partition coefficient (Wildman–Crippen LogP) is 1.67. The molecule has 34 heavy (non-hydrogen) atoms. The maximum absolute atomic E-state index is 13.1. The Kier molecular flexibility index (Phi) is 6.20. The molecule has 3 aromatic rings. The largest absolute Gasteiger partial charge is 0.393 e. The van der Waals surface area contributed by atoms with Crippen LogP contribution < -0.4 is 21.5 Å². The Labute approximate surface area is 196 Å². The number of pyridine rings is 1. The van der Waals surface area contributed by atoms with Crippen LogP contribution in [0.4, 0.5) is 17.3 Å². The van der Waals surface area contributed by atoms with Gasteiger partial charge in [-0.3, -0.25) is 9.59 Å². The van der Waals surface area contributed by atoms with Crippen LogP contribution in [0.3, 0.4) is 0 Å². The van der Waals surface area contributed by atoms with Crippen LogP contribution in [0.5, 0.6) is 0 Å². The summed E-state index contributed by atoms with van der Waals surface area (Å²) in [6.45, 7) is 1.29. The van der Waals surface area contributed by atoms with Gasteiger partial charge >= 0.3 is 0 Å². The summed E-state index contributed by atoms with van der Waals surface area (Å²) in [4.78, 5) is 30.7. The number of aliphatic hydroxyl groups is 1. The van der Waals surface area contributed by atoms with E-state index in [4.69, 9.17) is 4.74 Å². The van der Waals surface area contributed by atoms with E-state index in [1.807, 2.05) is 6.07 Å². The van der Waals surface area contributed by atoms with Crippen molar-refractivity contribution < 1.29 is 14.6 Å². The molecule has 1 saturated heterocycles. The number of fused-ring (bicyclic) bond motifs is 1. The van der Waals surface area contributed by atoms with Crippen molar-refractivity contribution in [1.29, 1.82) is 0 Å². The molecule has 4 heterocycles. The number of anilines is 3. The Morgan fingerprint density at radius 1 is 1.24 bits per heavy atom. The third kappa shape index (κ3) is 4.36. The highest BCUT2D eigenvalue weighted by Crippen LogP contribution is 2.24. The van der Waals surface area contributed by atoms with Gasteiger partial charge in [0.25, 0.3) is 11.5 Å². The fourth-order valence-corrected chi connectivity index (χ4v) is 4.71. The van der Waals surface area contributed by atoms with E-state index in [0.717, 1.165) is 19.3 Å². The molecule has 2 fully saturated rings. The molecular formula is C23H29N7O4. The van der Waals surface area contributed by atoms with Crippen LogP contribution >= 0.6 is 0 Å². The molecule has 1 aliphatic carbocycles. The van der Waals surface area contributed by atoms with Crippen molar-refractivity contribution in [2.24, 2.45) is 0 Å². The second kappa shape index (κ2) is 9.43. The highest BCUT2D eigenvalue weighted by atomic mass is 16.5. The van der Waals surface area contributed by atoms with Crippen LogP contribution in [-0.2, 0) is 4.74 Å². The highest BCUT2D eigenvalue weighted by Gasteiger charge is 2.26. The van der Waals surface area contributed by atoms with E-state index in [9.17, 15) is 14.7 Å². The molecule has 2 atom stereocenters. The third-order valence-electron chi connectivity index (χ3n) is 6.53. The zero-order valence-electron chi connectivity index (χ0n) is 19.0. The first-order valence-electron chi connectivity index (χ1n) is 11.6. The van der Waals surface area contributed by atoms with Gasteiger partial charge in [-0.1, -0.05) is 0 Å². The van der Waals surface area contributed by atoms with Crippen LogP contribution in [0.2, 0.25) is 0 Å². The summed E-state index contributed by atoms with van der Waals surface area (Å²) < 4.78 is 8.72. The first kappa shape index (κ1) is 22.4. The van der Waals surface area contributed by atoms with E-state index in [2.05, 4.69) is 26.0 Å². The number of hydrogen-bond donors (Lipinski definition) is 4. The van der Waals surface area contributed by atoms with E-state index in [1.54, 1.807) is 34.5 Å². The monoisotopic (exact) mass is 467 g/mol. The SMILES string of the molecule is CNc1cc(Nc2cccn(C3CCOCC3)c2=O)nc2c(C(=O)NC3CC[C@@H](O)C3)cnn12. The molecule has 1 unspecified atom stereocenters. The molecule has 1 saturated carbocycles. The minimum atomic E-state index is -0.380. The van der Waals surface area contributed by atoms with Crippen molar-refractivity contribution in [3.8, 4) is 0 Å². The summed E-state index contributed by atoms with van der Waals surface area (Å²) in [5, 5.41) is 23.2. The molecule has 11 nitrogen and oxygen atoms in total. The fraction of sp³-hybridized carbons (Fsp3) is 0.478.